The zero-order valence-corrected chi connectivity index (χ0v) is 17.3. The second kappa shape index (κ2) is 8.57. The molecule has 0 saturated carbocycles. The topological polar surface area (TPSA) is 37.4 Å². The van der Waals surface area contributed by atoms with E-state index >= 15 is 0 Å². The summed E-state index contributed by atoms with van der Waals surface area (Å²) in [6.07, 6.45) is 4.19. The van der Waals surface area contributed by atoms with E-state index in [2.05, 4.69) is 35.2 Å². The predicted molar refractivity (Wildman–Crippen MR) is 112 cm³/mol. The predicted octanol–water partition coefficient (Wildman–Crippen LogP) is 4.90. The van der Waals surface area contributed by atoms with Crippen molar-refractivity contribution in [3.8, 4) is 0 Å². The van der Waals surface area contributed by atoms with Crippen LogP contribution in [-0.4, -0.2) is 37.7 Å². The van der Waals surface area contributed by atoms with Gasteiger partial charge in [0.1, 0.15) is 0 Å². The maximum Gasteiger partial charge on any atom is 0.183 e. The maximum atomic E-state index is 13.0. The number of hydrogen-bond acceptors (Lipinski definition) is 3. The first-order valence-electron chi connectivity index (χ1n) is 9.97. The molecule has 1 aliphatic rings. The monoisotopic (exact) mass is 385 g/mol. The zero-order valence-electron chi connectivity index (χ0n) is 16.5. The highest BCUT2D eigenvalue weighted by atomic mass is 32.2. The Kier molecular flexibility index (Phi) is 6.38. The highest BCUT2D eigenvalue weighted by molar-refractivity contribution is 7.92. The first kappa shape index (κ1) is 20.1. The fraction of sp³-hybridized carbons (Fsp3) is 0.478. The molecule has 0 amide bonds. The van der Waals surface area contributed by atoms with Crippen LogP contribution >= 0.6 is 0 Å². The Bertz CT molecular complexity index is 816. The first-order chi connectivity index (χ1) is 12.9. The van der Waals surface area contributed by atoms with Gasteiger partial charge < -0.3 is 4.90 Å². The van der Waals surface area contributed by atoms with E-state index in [9.17, 15) is 8.42 Å². The summed E-state index contributed by atoms with van der Waals surface area (Å²) in [4.78, 5) is 2.88. The SMILES string of the molecule is CC(C)(CCN1CCCC(c2ccccc2)CC1)S(=O)(=O)c1ccccc1. The highest BCUT2D eigenvalue weighted by Crippen LogP contribution is 2.31. The van der Waals surface area contributed by atoms with Gasteiger partial charge in [-0.05, 0) is 82.8 Å². The minimum atomic E-state index is -3.33. The van der Waals surface area contributed by atoms with E-state index in [-0.39, 0.29) is 0 Å². The van der Waals surface area contributed by atoms with Crippen molar-refractivity contribution in [1.82, 2.24) is 4.90 Å². The third-order valence-corrected chi connectivity index (χ3v) is 8.45. The fourth-order valence-electron chi connectivity index (χ4n) is 3.92. The standard InChI is InChI=1S/C23H31NO2S/c1-23(2,27(25,26)22-13-7-4-8-14-22)16-19-24-17-9-12-21(15-18-24)20-10-5-3-6-11-20/h3-8,10-11,13-14,21H,9,12,15-19H2,1-2H3. The molecular formula is C23H31NO2S. The van der Waals surface area contributed by atoms with Crippen LogP contribution in [0.3, 0.4) is 0 Å². The van der Waals surface area contributed by atoms with E-state index < -0.39 is 14.6 Å². The second-order valence-electron chi connectivity index (χ2n) is 8.21. The fourth-order valence-corrected chi connectivity index (χ4v) is 5.43. The molecule has 2 aromatic carbocycles. The Labute approximate surface area is 164 Å². The van der Waals surface area contributed by atoms with Crippen LogP contribution in [0.25, 0.3) is 0 Å². The van der Waals surface area contributed by atoms with Crippen molar-refractivity contribution in [1.29, 1.82) is 0 Å². The van der Waals surface area contributed by atoms with Crippen LogP contribution in [0, 0.1) is 0 Å². The summed E-state index contributed by atoms with van der Waals surface area (Å²) in [5, 5.41) is 0. The van der Waals surface area contributed by atoms with Gasteiger partial charge in [-0.15, -0.1) is 0 Å². The van der Waals surface area contributed by atoms with Crippen molar-refractivity contribution in [2.45, 2.75) is 55.1 Å². The molecule has 0 bridgehead atoms. The van der Waals surface area contributed by atoms with Gasteiger partial charge >= 0.3 is 0 Å². The molecule has 1 atom stereocenters. The molecule has 0 N–H and O–H groups in total. The molecule has 1 aliphatic heterocycles. The maximum absolute atomic E-state index is 13.0. The highest BCUT2D eigenvalue weighted by Gasteiger charge is 2.35. The average molecular weight is 386 g/mol. The van der Waals surface area contributed by atoms with Gasteiger partial charge in [-0.25, -0.2) is 8.42 Å². The zero-order chi connectivity index (χ0) is 19.3. The van der Waals surface area contributed by atoms with E-state index in [1.165, 1.54) is 18.4 Å². The largest absolute Gasteiger partial charge is 0.303 e. The Morgan fingerprint density at radius 2 is 1.56 bits per heavy atom. The van der Waals surface area contributed by atoms with E-state index in [1.54, 1.807) is 24.3 Å². The third kappa shape index (κ3) is 4.80. The summed E-state index contributed by atoms with van der Waals surface area (Å²) in [5.41, 5.74) is 1.44. The molecule has 0 aliphatic carbocycles. The molecule has 0 spiro atoms. The van der Waals surface area contributed by atoms with Crippen LogP contribution in [0.15, 0.2) is 65.6 Å². The van der Waals surface area contributed by atoms with Gasteiger partial charge in [0.05, 0.1) is 9.64 Å². The van der Waals surface area contributed by atoms with Crippen LogP contribution in [0.2, 0.25) is 0 Å². The summed E-state index contributed by atoms with van der Waals surface area (Å²) in [6.45, 7) is 6.66. The number of benzene rings is 2. The Morgan fingerprint density at radius 1 is 0.926 bits per heavy atom. The quantitative estimate of drug-likeness (QED) is 0.710. The van der Waals surface area contributed by atoms with Crippen molar-refractivity contribution in [2.75, 3.05) is 19.6 Å². The molecule has 3 rings (SSSR count). The molecule has 27 heavy (non-hydrogen) atoms. The molecular weight excluding hydrogens is 354 g/mol. The van der Waals surface area contributed by atoms with Crippen LogP contribution in [0.4, 0.5) is 0 Å². The molecule has 3 nitrogen and oxygen atoms in total. The molecule has 1 saturated heterocycles. The smallest absolute Gasteiger partial charge is 0.183 e. The summed E-state index contributed by atoms with van der Waals surface area (Å²) < 4.78 is 25.3. The van der Waals surface area contributed by atoms with Crippen molar-refractivity contribution in [3.05, 3.63) is 66.2 Å². The summed E-state index contributed by atoms with van der Waals surface area (Å²) >= 11 is 0. The molecule has 0 aromatic heterocycles. The molecule has 1 fully saturated rings. The minimum absolute atomic E-state index is 0.426. The number of rotatable bonds is 6. The third-order valence-electron chi connectivity index (χ3n) is 5.90. The van der Waals surface area contributed by atoms with Crippen molar-refractivity contribution in [3.63, 3.8) is 0 Å². The minimum Gasteiger partial charge on any atom is -0.303 e. The van der Waals surface area contributed by atoms with E-state index in [4.69, 9.17) is 0 Å². The van der Waals surface area contributed by atoms with Gasteiger partial charge in [0.15, 0.2) is 9.84 Å². The van der Waals surface area contributed by atoms with Gasteiger partial charge in [0.2, 0.25) is 0 Å². The van der Waals surface area contributed by atoms with Crippen LogP contribution < -0.4 is 0 Å². The number of nitrogens with zero attached hydrogens (tertiary/aromatic N) is 1. The Hall–Kier alpha value is -1.65. The summed E-state index contributed by atoms with van der Waals surface area (Å²) in [7, 11) is -3.33. The van der Waals surface area contributed by atoms with Gasteiger partial charge in [-0.1, -0.05) is 48.5 Å². The average Bonchev–Trinajstić information content (AvgIpc) is 2.93. The van der Waals surface area contributed by atoms with Gasteiger partial charge in [0, 0.05) is 0 Å². The molecule has 1 heterocycles. The lowest BCUT2D eigenvalue weighted by molar-refractivity contribution is 0.269. The van der Waals surface area contributed by atoms with Crippen molar-refractivity contribution < 1.29 is 8.42 Å². The number of sulfone groups is 1. The van der Waals surface area contributed by atoms with E-state index in [1.807, 2.05) is 19.9 Å². The first-order valence-corrected chi connectivity index (χ1v) is 11.5. The molecule has 146 valence electrons. The summed E-state index contributed by atoms with van der Waals surface area (Å²) in [5.74, 6) is 0.622. The Morgan fingerprint density at radius 3 is 2.22 bits per heavy atom. The van der Waals surface area contributed by atoms with Crippen LogP contribution in [0.5, 0.6) is 0 Å². The molecule has 2 aromatic rings. The normalized spacial score (nSPS) is 19.6. The molecule has 0 radical (unpaired) electrons. The van der Waals surface area contributed by atoms with Gasteiger partial charge in [-0.2, -0.15) is 0 Å². The van der Waals surface area contributed by atoms with Crippen LogP contribution in [-0.2, 0) is 9.84 Å². The Balaban J connectivity index is 1.59. The van der Waals surface area contributed by atoms with Gasteiger partial charge in [-0.3, -0.25) is 0 Å². The lowest BCUT2D eigenvalue weighted by Gasteiger charge is -2.29. The van der Waals surface area contributed by atoms with Crippen LogP contribution in [0.1, 0.15) is 51.0 Å². The van der Waals surface area contributed by atoms with Gasteiger partial charge in [0.25, 0.3) is 0 Å². The van der Waals surface area contributed by atoms with E-state index in [0.717, 1.165) is 26.1 Å². The molecule has 1 unspecified atom stereocenters. The van der Waals surface area contributed by atoms with E-state index in [0.29, 0.717) is 17.2 Å². The summed E-state index contributed by atoms with van der Waals surface area (Å²) in [6, 6.07) is 19.6. The lowest BCUT2D eigenvalue weighted by Crippen LogP contribution is -2.37. The molecule has 4 heteroatoms. The van der Waals surface area contributed by atoms with Crippen molar-refractivity contribution >= 4 is 9.84 Å². The second-order valence-corrected chi connectivity index (χ2v) is 10.8. The lowest BCUT2D eigenvalue weighted by atomic mass is 9.92. The number of hydrogen-bond donors (Lipinski definition) is 0. The van der Waals surface area contributed by atoms with Crippen molar-refractivity contribution in [2.24, 2.45) is 0 Å². The number of likely N-dealkylation sites (tertiary alicyclic amines) is 1.